The lowest BCUT2D eigenvalue weighted by molar-refractivity contribution is 0.463. The van der Waals surface area contributed by atoms with Crippen LogP contribution < -0.4 is 5.32 Å². The summed E-state index contributed by atoms with van der Waals surface area (Å²) in [6, 6.07) is 7.23. The van der Waals surface area contributed by atoms with Gasteiger partial charge >= 0.3 is 0 Å². The Morgan fingerprint density at radius 3 is 2.83 bits per heavy atom. The molecule has 0 saturated heterocycles. The minimum Gasteiger partial charge on any atom is -0.382 e. The Balaban J connectivity index is 1.86. The highest BCUT2D eigenvalue weighted by molar-refractivity contribution is 14.1. The van der Waals surface area contributed by atoms with Crippen LogP contribution >= 0.6 is 22.6 Å². The Kier molecular flexibility index (Phi) is 3.46. The number of rotatable bonds is 2. The molecule has 0 amide bonds. The molecule has 1 saturated carbocycles. The number of nitrogens with zero attached hydrogens (tertiary/aromatic N) is 2. The summed E-state index contributed by atoms with van der Waals surface area (Å²) in [7, 11) is 2.01. The van der Waals surface area contributed by atoms with Gasteiger partial charge in [0.2, 0.25) is 0 Å². The molecule has 1 heterocycles. The average Bonchev–Trinajstić information content (AvgIpc) is 2.66. The molecule has 1 aromatic carbocycles. The molecule has 3 nitrogen and oxygen atoms in total. The number of aryl methyl sites for hydroxylation is 1. The van der Waals surface area contributed by atoms with Crippen molar-refractivity contribution in [2.45, 2.75) is 38.1 Å². The van der Waals surface area contributed by atoms with Gasteiger partial charge in [0.25, 0.3) is 0 Å². The summed E-state index contributed by atoms with van der Waals surface area (Å²) in [6.45, 7) is 0. The summed E-state index contributed by atoms with van der Waals surface area (Å²) in [6.07, 6.45) is 6.74. The zero-order valence-electron chi connectivity index (χ0n) is 10.6. The molecule has 0 aliphatic heterocycles. The topological polar surface area (TPSA) is 29.9 Å². The molecule has 0 radical (unpaired) electrons. The molecule has 4 heteroatoms. The van der Waals surface area contributed by atoms with Crippen LogP contribution in [0.2, 0.25) is 0 Å². The molecule has 1 aliphatic rings. The number of benzene rings is 1. The van der Waals surface area contributed by atoms with Gasteiger partial charge in [-0.05, 0) is 53.6 Å². The van der Waals surface area contributed by atoms with Crippen LogP contribution in [0.4, 0.5) is 5.69 Å². The van der Waals surface area contributed by atoms with E-state index in [2.05, 4.69) is 51.2 Å². The minimum absolute atomic E-state index is 0.656. The van der Waals surface area contributed by atoms with Crippen molar-refractivity contribution in [3.63, 3.8) is 0 Å². The van der Waals surface area contributed by atoms with E-state index in [1.165, 1.54) is 48.7 Å². The molecule has 1 N–H and O–H groups in total. The Morgan fingerprint density at radius 1 is 1.28 bits per heavy atom. The SMILES string of the molecule is Cn1nc(I)c2ccc(NC3CCCCC3)cc21. The molecule has 1 aromatic heterocycles. The highest BCUT2D eigenvalue weighted by Gasteiger charge is 2.13. The fraction of sp³-hybridized carbons (Fsp3) is 0.500. The molecule has 3 rings (SSSR count). The molecule has 1 aliphatic carbocycles. The molecule has 0 spiro atoms. The number of halogens is 1. The van der Waals surface area contributed by atoms with Gasteiger partial charge in [0.15, 0.2) is 0 Å². The van der Waals surface area contributed by atoms with Gasteiger partial charge < -0.3 is 5.32 Å². The predicted octanol–water partition coefficient (Wildman–Crippen LogP) is 3.92. The molecule has 2 aromatic rings. The Bertz CT molecular complexity index is 555. The molecule has 1 fully saturated rings. The number of hydrogen-bond donors (Lipinski definition) is 1. The number of nitrogens with one attached hydrogen (secondary N) is 1. The largest absolute Gasteiger partial charge is 0.382 e. The van der Waals surface area contributed by atoms with Crippen molar-refractivity contribution in [1.82, 2.24) is 9.78 Å². The Morgan fingerprint density at radius 2 is 2.06 bits per heavy atom. The van der Waals surface area contributed by atoms with Crippen LogP contribution in [0, 0.1) is 3.70 Å². The van der Waals surface area contributed by atoms with E-state index in [0.29, 0.717) is 6.04 Å². The van der Waals surface area contributed by atoms with Gasteiger partial charge in [0.05, 0.1) is 5.52 Å². The first-order chi connectivity index (χ1) is 8.74. The molecular weight excluding hydrogens is 337 g/mol. The second kappa shape index (κ2) is 5.07. The second-order valence-corrected chi connectivity index (χ2v) is 6.15. The quantitative estimate of drug-likeness (QED) is 0.828. The Labute approximate surface area is 121 Å². The summed E-state index contributed by atoms with van der Waals surface area (Å²) in [5.74, 6) is 0. The van der Waals surface area contributed by atoms with Gasteiger partial charge in [-0.25, -0.2) is 0 Å². The van der Waals surface area contributed by atoms with E-state index in [1.807, 2.05) is 11.7 Å². The van der Waals surface area contributed by atoms with Gasteiger partial charge in [-0.2, -0.15) is 5.10 Å². The molecule has 0 unspecified atom stereocenters. The first kappa shape index (κ1) is 12.3. The number of fused-ring (bicyclic) bond motifs is 1. The zero-order chi connectivity index (χ0) is 12.5. The predicted molar refractivity (Wildman–Crippen MR) is 83.9 cm³/mol. The highest BCUT2D eigenvalue weighted by atomic mass is 127. The number of hydrogen-bond acceptors (Lipinski definition) is 2. The zero-order valence-corrected chi connectivity index (χ0v) is 12.8. The second-order valence-electron chi connectivity index (χ2n) is 5.13. The minimum atomic E-state index is 0.656. The maximum Gasteiger partial charge on any atom is 0.131 e. The van der Waals surface area contributed by atoms with E-state index < -0.39 is 0 Å². The summed E-state index contributed by atoms with van der Waals surface area (Å²) in [5, 5.41) is 9.36. The van der Waals surface area contributed by atoms with Crippen molar-refractivity contribution < 1.29 is 0 Å². The monoisotopic (exact) mass is 355 g/mol. The third-order valence-corrected chi connectivity index (χ3v) is 4.58. The van der Waals surface area contributed by atoms with E-state index in [9.17, 15) is 0 Å². The van der Waals surface area contributed by atoms with Crippen molar-refractivity contribution in [2.75, 3.05) is 5.32 Å². The smallest absolute Gasteiger partial charge is 0.131 e. The fourth-order valence-corrected chi connectivity index (χ4v) is 3.57. The molecule has 18 heavy (non-hydrogen) atoms. The van der Waals surface area contributed by atoms with Crippen LogP contribution in [0.15, 0.2) is 18.2 Å². The lowest BCUT2D eigenvalue weighted by Crippen LogP contribution is -2.22. The van der Waals surface area contributed by atoms with Gasteiger partial charge in [0.1, 0.15) is 3.70 Å². The molecular formula is C14H18IN3. The van der Waals surface area contributed by atoms with E-state index in [0.717, 1.165) is 3.70 Å². The molecule has 0 atom stereocenters. The number of aromatic nitrogens is 2. The van der Waals surface area contributed by atoms with Crippen LogP contribution in [-0.4, -0.2) is 15.8 Å². The van der Waals surface area contributed by atoms with Gasteiger partial charge in [-0.15, -0.1) is 0 Å². The first-order valence-corrected chi connectivity index (χ1v) is 7.71. The van der Waals surface area contributed by atoms with Crippen LogP contribution in [0.5, 0.6) is 0 Å². The van der Waals surface area contributed by atoms with Crippen LogP contribution in [0.3, 0.4) is 0 Å². The van der Waals surface area contributed by atoms with Crippen molar-refractivity contribution in [3.8, 4) is 0 Å². The first-order valence-electron chi connectivity index (χ1n) is 6.63. The van der Waals surface area contributed by atoms with Gasteiger partial charge in [0, 0.05) is 24.2 Å². The summed E-state index contributed by atoms with van der Waals surface area (Å²) in [5.41, 5.74) is 2.44. The van der Waals surface area contributed by atoms with E-state index >= 15 is 0 Å². The van der Waals surface area contributed by atoms with Crippen molar-refractivity contribution >= 4 is 39.2 Å². The van der Waals surface area contributed by atoms with E-state index in [-0.39, 0.29) is 0 Å². The third kappa shape index (κ3) is 2.35. The molecule has 96 valence electrons. The van der Waals surface area contributed by atoms with Crippen LogP contribution in [0.25, 0.3) is 10.9 Å². The summed E-state index contributed by atoms with van der Waals surface area (Å²) in [4.78, 5) is 0. The van der Waals surface area contributed by atoms with E-state index in [4.69, 9.17) is 0 Å². The van der Waals surface area contributed by atoms with Crippen LogP contribution in [-0.2, 0) is 7.05 Å². The van der Waals surface area contributed by atoms with Crippen molar-refractivity contribution in [3.05, 3.63) is 21.9 Å². The lowest BCUT2D eigenvalue weighted by atomic mass is 9.95. The summed E-state index contributed by atoms with van der Waals surface area (Å²) >= 11 is 2.29. The maximum atomic E-state index is 4.45. The lowest BCUT2D eigenvalue weighted by Gasteiger charge is -2.23. The number of anilines is 1. The maximum absolute atomic E-state index is 4.45. The average molecular weight is 355 g/mol. The van der Waals surface area contributed by atoms with Crippen LogP contribution in [0.1, 0.15) is 32.1 Å². The normalized spacial score (nSPS) is 17.2. The molecule has 0 bridgehead atoms. The van der Waals surface area contributed by atoms with E-state index in [1.54, 1.807) is 0 Å². The van der Waals surface area contributed by atoms with Crippen molar-refractivity contribution in [1.29, 1.82) is 0 Å². The van der Waals surface area contributed by atoms with Gasteiger partial charge in [-0.3, -0.25) is 4.68 Å². The Hall–Kier alpha value is -0.780. The third-order valence-electron chi connectivity index (χ3n) is 3.78. The summed E-state index contributed by atoms with van der Waals surface area (Å²) < 4.78 is 3.04. The highest BCUT2D eigenvalue weighted by Crippen LogP contribution is 2.26. The van der Waals surface area contributed by atoms with Gasteiger partial charge in [-0.1, -0.05) is 19.3 Å². The standard InChI is InChI=1S/C14H18IN3/c1-18-13-9-11(7-8-12(13)14(15)17-18)16-10-5-3-2-4-6-10/h7-10,16H,2-6H2,1H3. The van der Waals surface area contributed by atoms with Crippen molar-refractivity contribution in [2.24, 2.45) is 7.05 Å². The fourth-order valence-electron chi connectivity index (χ4n) is 2.79.